The molecule has 0 aliphatic carbocycles. The number of benzene rings is 1. The fourth-order valence-electron chi connectivity index (χ4n) is 3.06. The Morgan fingerprint density at radius 3 is 2.40 bits per heavy atom. The van der Waals surface area contributed by atoms with Crippen molar-refractivity contribution in [3.8, 4) is 0 Å². The number of piperazine rings is 1. The molecule has 0 spiro atoms. The molecule has 2 saturated heterocycles. The highest BCUT2D eigenvalue weighted by molar-refractivity contribution is 7.99. The van der Waals surface area contributed by atoms with E-state index in [2.05, 4.69) is 33.7 Å². The minimum absolute atomic E-state index is 0.139. The summed E-state index contributed by atoms with van der Waals surface area (Å²) in [4.78, 5) is 16.4. The Bertz CT molecular complexity index is 460. The number of carbonyl (C=O) groups is 1. The Balaban J connectivity index is 1.58. The van der Waals surface area contributed by atoms with Crippen LogP contribution in [0.5, 0.6) is 0 Å². The molecule has 0 bridgehead atoms. The van der Waals surface area contributed by atoms with Gasteiger partial charge in [0.2, 0.25) is 0 Å². The second-order valence-corrected chi connectivity index (χ2v) is 6.79. The average molecular weight is 290 g/mol. The number of carbonyl (C=O) groups excluding carboxylic acids is 1. The molecule has 3 rings (SSSR count). The summed E-state index contributed by atoms with van der Waals surface area (Å²) in [6, 6.07) is 8.85. The summed E-state index contributed by atoms with van der Waals surface area (Å²) in [7, 11) is 0. The van der Waals surface area contributed by atoms with Gasteiger partial charge in [-0.05, 0) is 43.4 Å². The molecule has 1 aromatic carbocycles. The number of hydrogen-bond acceptors (Lipinski definition) is 4. The number of Topliss-reactive ketones (excluding diaryl/α,β-unsaturated/α-hetero) is 1. The third-order valence-electron chi connectivity index (χ3n) is 4.38. The highest BCUT2D eigenvalue weighted by atomic mass is 32.2. The van der Waals surface area contributed by atoms with Crippen LogP contribution in [0.4, 0.5) is 5.69 Å². The van der Waals surface area contributed by atoms with Gasteiger partial charge in [-0.15, -0.1) is 0 Å². The van der Waals surface area contributed by atoms with Gasteiger partial charge in [0.1, 0.15) is 0 Å². The van der Waals surface area contributed by atoms with Gasteiger partial charge in [-0.2, -0.15) is 11.8 Å². The Kier molecular flexibility index (Phi) is 4.32. The first-order valence-electron chi connectivity index (χ1n) is 7.42. The summed E-state index contributed by atoms with van der Waals surface area (Å²) in [5.41, 5.74) is 2.05. The normalized spacial score (nSPS) is 24.1. The van der Waals surface area contributed by atoms with E-state index in [0.29, 0.717) is 0 Å². The average Bonchev–Trinajstić information content (AvgIpc) is 3.02. The summed E-state index contributed by atoms with van der Waals surface area (Å²) in [5, 5.41) is 0. The molecule has 2 aliphatic rings. The van der Waals surface area contributed by atoms with Crippen LogP contribution >= 0.6 is 11.8 Å². The lowest BCUT2D eigenvalue weighted by Crippen LogP contribution is -2.50. The van der Waals surface area contributed by atoms with E-state index in [9.17, 15) is 4.79 Å². The van der Waals surface area contributed by atoms with Crippen LogP contribution in [0.3, 0.4) is 0 Å². The van der Waals surface area contributed by atoms with Crippen molar-refractivity contribution in [2.24, 2.45) is 0 Å². The van der Waals surface area contributed by atoms with Crippen LogP contribution < -0.4 is 4.90 Å². The maximum absolute atomic E-state index is 11.3. The van der Waals surface area contributed by atoms with Gasteiger partial charge in [0, 0.05) is 49.2 Å². The molecular formula is C16H22N2OS. The van der Waals surface area contributed by atoms with Gasteiger partial charge in [0.25, 0.3) is 0 Å². The molecule has 20 heavy (non-hydrogen) atoms. The lowest BCUT2D eigenvalue weighted by Gasteiger charge is -2.39. The van der Waals surface area contributed by atoms with Crippen LogP contribution in [-0.2, 0) is 0 Å². The number of thioether (sulfide) groups is 1. The summed E-state index contributed by atoms with van der Waals surface area (Å²) in [5.74, 6) is 2.78. The van der Waals surface area contributed by atoms with Crippen molar-refractivity contribution in [3.05, 3.63) is 29.8 Å². The summed E-state index contributed by atoms with van der Waals surface area (Å²) < 4.78 is 0. The lowest BCUT2D eigenvalue weighted by molar-refractivity contribution is 0.101. The molecule has 1 aromatic rings. The second kappa shape index (κ2) is 6.19. The molecule has 0 N–H and O–H groups in total. The molecule has 0 aromatic heterocycles. The van der Waals surface area contributed by atoms with E-state index in [1.54, 1.807) is 6.92 Å². The molecule has 2 aliphatic heterocycles. The first kappa shape index (κ1) is 14.0. The van der Waals surface area contributed by atoms with Gasteiger partial charge in [-0.3, -0.25) is 9.69 Å². The largest absolute Gasteiger partial charge is 0.369 e. The minimum atomic E-state index is 0.139. The van der Waals surface area contributed by atoms with Crippen molar-refractivity contribution in [2.75, 3.05) is 42.6 Å². The number of ketones is 1. The van der Waals surface area contributed by atoms with Crippen molar-refractivity contribution in [1.82, 2.24) is 4.90 Å². The number of hydrogen-bond donors (Lipinski definition) is 0. The maximum Gasteiger partial charge on any atom is 0.159 e. The quantitative estimate of drug-likeness (QED) is 0.798. The Labute approximate surface area is 125 Å². The van der Waals surface area contributed by atoms with Gasteiger partial charge in [0.05, 0.1) is 0 Å². The predicted molar refractivity (Wildman–Crippen MR) is 86.0 cm³/mol. The fourth-order valence-corrected chi connectivity index (χ4v) is 4.32. The van der Waals surface area contributed by atoms with E-state index in [1.807, 2.05) is 12.1 Å². The number of rotatable bonds is 3. The van der Waals surface area contributed by atoms with E-state index in [1.165, 1.54) is 36.7 Å². The first-order chi connectivity index (χ1) is 9.74. The molecule has 2 fully saturated rings. The lowest BCUT2D eigenvalue weighted by atomic mass is 10.1. The zero-order valence-electron chi connectivity index (χ0n) is 12.0. The molecule has 2 heterocycles. The molecular weight excluding hydrogens is 268 g/mol. The zero-order valence-corrected chi connectivity index (χ0v) is 12.9. The van der Waals surface area contributed by atoms with Gasteiger partial charge >= 0.3 is 0 Å². The third-order valence-corrected chi connectivity index (χ3v) is 5.52. The van der Waals surface area contributed by atoms with E-state index in [4.69, 9.17) is 0 Å². The SMILES string of the molecule is CC(=O)c1ccc(N2CCN(C3CCSC3)CC2)cc1. The van der Waals surface area contributed by atoms with Crippen LogP contribution in [0.1, 0.15) is 23.7 Å². The standard InChI is InChI=1S/C16H22N2OS/c1-13(19)14-2-4-15(5-3-14)17-7-9-18(10-8-17)16-6-11-20-12-16/h2-5,16H,6-12H2,1H3. The third kappa shape index (κ3) is 3.01. The summed E-state index contributed by atoms with van der Waals surface area (Å²) >= 11 is 2.09. The van der Waals surface area contributed by atoms with E-state index in [-0.39, 0.29) is 5.78 Å². The van der Waals surface area contributed by atoms with Gasteiger partial charge in [-0.1, -0.05) is 0 Å². The van der Waals surface area contributed by atoms with Crippen molar-refractivity contribution in [3.63, 3.8) is 0 Å². The Morgan fingerprint density at radius 2 is 1.85 bits per heavy atom. The van der Waals surface area contributed by atoms with E-state index in [0.717, 1.165) is 24.7 Å². The van der Waals surface area contributed by atoms with Gasteiger partial charge < -0.3 is 4.90 Å². The molecule has 108 valence electrons. The van der Waals surface area contributed by atoms with Crippen LogP contribution in [0, 0.1) is 0 Å². The van der Waals surface area contributed by atoms with Crippen LogP contribution in [0.15, 0.2) is 24.3 Å². The predicted octanol–water partition coefficient (Wildman–Crippen LogP) is 2.52. The highest BCUT2D eigenvalue weighted by Gasteiger charge is 2.26. The Hall–Kier alpha value is -1.00. The van der Waals surface area contributed by atoms with Gasteiger partial charge in [0.15, 0.2) is 5.78 Å². The monoisotopic (exact) mass is 290 g/mol. The van der Waals surface area contributed by atoms with Crippen molar-refractivity contribution < 1.29 is 4.79 Å². The number of anilines is 1. The van der Waals surface area contributed by atoms with Crippen molar-refractivity contribution in [1.29, 1.82) is 0 Å². The topological polar surface area (TPSA) is 23.6 Å². The molecule has 1 atom stereocenters. The maximum atomic E-state index is 11.3. The van der Waals surface area contributed by atoms with Crippen molar-refractivity contribution >= 4 is 23.2 Å². The molecule has 3 nitrogen and oxygen atoms in total. The smallest absolute Gasteiger partial charge is 0.159 e. The highest BCUT2D eigenvalue weighted by Crippen LogP contribution is 2.24. The second-order valence-electron chi connectivity index (χ2n) is 5.64. The van der Waals surface area contributed by atoms with E-state index >= 15 is 0 Å². The van der Waals surface area contributed by atoms with Crippen LogP contribution in [-0.4, -0.2) is 54.4 Å². The zero-order chi connectivity index (χ0) is 13.9. The Morgan fingerprint density at radius 1 is 1.15 bits per heavy atom. The molecule has 0 amide bonds. The molecule has 0 saturated carbocycles. The number of nitrogens with zero attached hydrogens (tertiary/aromatic N) is 2. The van der Waals surface area contributed by atoms with E-state index < -0.39 is 0 Å². The van der Waals surface area contributed by atoms with Crippen LogP contribution in [0.2, 0.25) is 0 Å². The summed E-state index contributed by atoms with van der Waals surface area (Å²) in [6.45, 7) is 6.15. The first-order valence-corrected chi connectivity index (χ1v) is 8.57. The molecule has 0 radical (unpaired) electrons. The molecule has 4 heteroatoms. The molecule has 1 unspecified atom stereocenters. The minimum Gasteiger partial charge on any atom is -0.369 e. The fraction of sp³-hybridized carbons (Fsp3) is 0.562. The summed E-state index contributed by atoms with van der Waals surface area (Å²) in [6.07, 6.45) is 1.36. The van der Waals surface area contributed by atoms with Gasteiger partial charge in [-0.25, -0.2) is 0 Å². The van der Waals surface area contributed by atoms with Crippen molar-refractivity contribution in [2.45, 2.75) is 19.4 Å². The van der Waals surface area contributed by atoms with Crippen LogP contribution in [0.25, 0.3) is 0 Å².